The molecule has 0 aliphatic heterocycles. The lowest BCUT2D eigenvalue weighted by molar-refractivity contribution is 0.618. The Morgan fingerprint density at radius 1 is 0.893 bits per heavy atom. The summed E-state index contributed by atoms with van der Waals surface area (Å²) in [5.74, 6) is 1.17. The third-order valence-electron chi connectivity index (χ3n) is 4.30. The molecule has 140 valence electrons. The zero-order valence-corrected chi connectivity index (χ0v) is 16.6. The maximum atomic E-state index is 6.20. The lowest BCUT2D eigenvalue weighted by Crippen LogP contribution is -2.09. The van der Waals surface area contributed by atoms with Gasteiger partial charge in [-0.05, 0) is 45.0 Å². The first kappa shape index (κ1) is 18.2. The van der Waals surface area contributed by atoms with E-state index in [0.717, 1.165) is 28.1 Å². The van der Waals surface area contributed by atoms with E-state index < -0.39 is 0 Å². The van der Waals surface area contributed by atoms with E-state index in [4.69, 9.17) is 16.0 Å². The number of benzene rings is 2. The second-order valence-corrected chi connectivity index (χ2v) is 7.14. The zero-order chi connectivity index (χ0) is 19.7. The van der Waals surface area contributed by atoms with Crippen LogP contribution in [-0.4, -0.2) is 9.97 Å². The van der Waals surface area contributed by atoms with Crippen molar-refractivity contribution in [3.8, 4) is 11.3 Å². The molecule has 0 amide bonds. The Bertz CT molecular complexity index is 1210. The Kier molecular flexibility index (Phi) is 4.84. The van der Waals surface area contributed by atoms with Crippen molar-refractivity contribution in [3.05, 3.63) is 81.9 Å². The zero-order valence-electron chi connectivity index (χ0n) is 15.8. The topological polar surface area (TPSA) is 63.3 Å². The summed E-state index contributed by atoms with van der Waals surface area (Å²) in [4.78, 5) is 8.74. The molecule has 4 rings (SSSR count). The highest BCUT2D eigenvalue weighted by Gasteiger charge is 2.07. The van der Waals surface area contributed by atoms with Crippen molar-refractivity contribution in [1.82, 2.24) is 9.97 Å². The number of aryl methyl sites for hydroxylation is 3. The van der Waals surface area contributed by atoms with Crippen molar-refractivity contribution < 1.29 is 4.42 Å². The van der Waals surface area contributed by atoms with Crippen LogP contribution in [0.2, 0.25) is 5.02 Å². The first-order chi connectivity index (χ1) is 13.5. The molecule has 0 bridgehead atoms. The van der Waals surface area contributed by atoms with Gasteiger partial charge in [0.15, 0.2) is 0 Å². The van der Waals surface area contributed by atoms with Crippen LogP contribution in [0.3, 0.4) is 0 Å². The Labute approximate surface area is 167 Å². The predicted octanol–water partition coefficient (Wildman–Crippen LogP) is 5.40. The summed E-state index contributed by atoms with van der Waals surface area (Å²) < 4.78 is 6.10. The molecular weight excluding hydrogens is 372 g/mol. The van der Waals surface area contributed by atoms with E-state index in [1.165, 1.54) is 5.56 Å². The fourth-order valence-electron chi connectivity index (χ4n) is 2.98. The van der Waals surface area contributed by atoms with Crippen molar-refractivity contribution >= 4 is 28.5 Å². The molecule has 0 radical (unpaired) electrons. The van der Waals surface area contributed by atoms with Crippen molar-refractivity contribution in [2.45, 2.75) is 20.8 Å². The molecule has 0 saturated heterocycles. The van der Waals surface area contributed by atoms with Crippen LogP contribution >= 0.6 is 11.6 Å². The van der Waals surface area contributed by atoms with Crippen molar-refractivity contribution in [2.24, 2.45) is 5.10 Å². The van der Waals surface area contributed by atoms with E-state index >= 15 is 0 Å². The third-order valence-corrected chi connectivity index (χ3v) is 4.54. The molecule has 5 nitrogen and oxygen atoms in total. The van der Waals surface area contributed by atoms with Crippen LogP contribution in [0.4, 0.5) is 5.95 Å². The van der Waals surface area contributed by atoms with E-state index in [9.17, 15) is 0 Å². The van der Waals surface area contributed by atoms with Gasteiger partial charge >= 0.3 is 0 Å². The summed E-state index contributed by atoms with van der Waals surface area (Å²) in [6.45, 7) is 5.90. The summed E-state index contributed by atoms with van der Waals surface area (Å²) in [5, 5.41) is 6.66. The van der Waals surface area contributed by atoms with Crippen molar-refractivity contribution in [1.29, 1.82) is 0 Å². The molecule has 28 heavy (non-hydrogen) atoms. The number of halogens is 1. The molecule has 2 aromatic heterocycles. The number of nitrogens with one attached hydrogen (secondary N) is 1. The van der Waals surface area contributed by atoms with Gasteiger partial charge in [-0.1, -0.05) is 41.4 Å². The molecule has 0 unspecified atom stereocenters. The van der Waals surface area contributed by atoms with Gasteiger partial charge in [0.25, 0.3) is 0 Å². The molecule has 2 aromatic carbocycles. The van der Waals surface area contributed by atoms with Gasteiger partial charge in [-0.2, -0.15) is 5.10 Å². The minimum Gasteiger partial charge on any atom is -0.456 e. The van der Waals surface area contributed by atoms with Crippen LogP contribution in [0.15, 0.2) is 64.1 Å². The Balaban J connectivity index is 1.86. The molecule has 0 aliphatic rings. The molecule has 6 heteroatoms. The van der Waals surface area contributed by atoms with Gasteiger partial charge in [-0.3, -0.25) is 0 Å². The lowest BCUT2D eigenvalue weighted by Gasteiger charge is -2.06. The summed E-state index contributed by atoms with van der Waals surface area (Å²) in [5.41, 5.74) is 7.57. The minimum absolute atomic E-state index is 0.449. The molecule has 0 aliphatic carbocycles. The largest absolute Gasteiger partial charge is 0.456 e. The predicted molar refractivity (Wildman–Crippen MR) is 112 cm³/mol. The second kappa shape index (κ2) is 7.44. The summed E-state index contributed by atoms with van der Waals surface area (Å²) in [6.07, 6.45) is 0. The van der Waals surface area contributed by atoms with E-state index in [-0.39, 0.29) is 0 Å². The summed E-state index contributed by atoms with van der Waals surface area (Å²) in [7, 11) is 0. The molecule has 0 spiro atoms. The Morgan fingerprint density at radius 3 is 2.32 bits per heavy atom. The molecule has 2 heterocycles. The second-order valence-electron chi connectivity index (χ2n) is 6.70. The van der Waals surface area contributed by atoms with Gasteiger partial charge in [0, 0.05) is 33.4 Å². The third kappa shape index (κ3) is 3.89. The van der Waals surface area contributed by atoms with Crippen molar-refractivity contribution in [2.75, 3.05) is 5.43 Å². The average molecular weight is 391 g/mol. The fourth-order valence-corrected chi connectivity index (χ4v) is 3.15. The van der Waals surface area contributed by atoms with Crippen LogP contribution in [-0.2, 0) is 0 Å². The number of fused-ring (bicyclic) bond motifs is 1. The van der Waals surface area contributed by atoms with Gasteiger partial charge in [-0.15, -0.1) is 0 Å². The average Bonchev–Trinajstić information content (AvgIpc) is 2.66. The van der Waals surface area contributed by atoms with E-state index in [2.05, 4.69) is 39.6 Å². The van der Waals surface area contributed by atoms with Crippen LogP contribution in [0, 0.1) is 20.8 Å². The number of nitrogens with zero attached hydrogens (tertiary/aromatic N) is 3. The van der Waals surface area contributed by atoms with Gasteiger partial charge in [0.2, 0.25) is 5.95 Å². The number of rotatable bonds is 3. The smallest absolute Gasteiger partial charge is 0.243 e. The van der Waals surface area contributed by atoms with Crippen LogP contribution in [0.5, 0.6) is 0 Å². The summed E-state index contributed by atoms with van der Waals surface area (Å²) >= 11 is 6.20. The number of hydrogen-bond donors (Lipinski definition) is 1. The van der Waals surface area contributed by atoms with E-state index in [1.54, 1.807) is 6.07 Å². The van der Waals surface area contributed by atoms with Crippen LogP contribution in [0.1, 0.15) is 17.0 Å². The Hall–Kier alpha value is -3.18. The van der Waals surface area contributed by atoms with Crippen LogP contribution < -0.4 is 10.8 Å². The maximum Gasteiger partial charge on any atom is 0.243 e. The first-order valence-corrected chi connectivity index (χ1v) is 9.28. The molecular formula is C22H19ClN4O. The number of anilines is 1. The molecule has 0 fully saturated rings. The SMILES string of the molecule is Cc1ccc(-c2c/c(=N/Nc3nc(C)cc(C)n3)c3cc(Cl)ccc3o2)cc1. The van der Waals surface area contributed by atoms with Gasteiger partial charge in [0.1, 0.15) is 11.3 Å². The minimum atomic E-state index is 0.449. The number of hydrogen-bond acceptors (Lipinski definition) is 5. The fraction of sp³-hybridized carbons (Fsp3) is 0.136. The molecule has 0 saturated carbocycles. The Morgan fingerprint density at radius 2 is 1.61 bits per heavy atom. The standard InChI is InChI=1S/C22H19ClN4O/c1-13-4-6-16(7-5-13)21-12-19(18-11-17(23)8-9-20(18)28-21)26-27-22-24-14(2)10-15(3)25-22/h4-12H,1-3H3,(H,24,25,27)/b26-19-. The highest BCUT2D eigenvalue weighted by Crippen LogP contribution is 2.24. The van der Waals surface area contributed by atoms with Crippen LogP contribution in [0.25, 0.3) is 22.3 Å². The van der Waals surface area contributed by atoms with E-state index in [0.29, 0.717) is 21.9 Å². The molecule has 1 N–H and O–H groups in total. The van der Waals surface area contributed by atoms with Gasteiger partial charge in [0.05, 0.1) is 5.36 Å². The summed E-state index contributed by atoms with van der Waals surface area (Å²) in [6, 6.07) is 17.4. The normalized spacial score (nSPS) is 11.8. The highest BCUT2D eigenvalue weighted by molar-refractivity contribution is 6.31. The quantitative estimate of drug-likeness (QED) is 0.476. The maximum absolute atomic E-state index is 6.20. The first-order valence-electron chi connectivity index (χ1n) is 8.90. The highest BCUT2D eigenvalue weighted by atomic mass is 35.5. The molecule has 4 aromatic rings. The lowest BCUT2D eigenvalue weighted by atomic mass is 10.1. The van der Waals surface area contributed by atoms with Gasteiger partial charge in [-0.25, -0.2) is 15.4 Å². The molecule has 0 atom stereocenters. The monoisotopic (exact) mass is 390 g/mol. The van der Waals surface area contributed by atoms with Gasteiger partial charge < -0.3 is 4.42 Å². The number of aromatic nitrogens is 2. The van der Waals surface area contributed by atoms with E-state index in [1.807, 2.05) is 50.2 Å². The van der Waals surface area contributed by atoms with Crippen molar-refractivity contribution in [3.63, 3.8) is 0 Å².